The predicted octanol–water partition coefficient (Wildman–Crippen LogP) is 6.63. The number of piperidine rings is 1. The maximum Gasteiger partial charge on any atom is 0.337 e. The van der Waals surface area contributed by atoms with Crippen LogP contribution in [0.25, 0.3) is 11.1 Å². The predicted molar refractivity (Wildman–Crippen MR) is 189 cm³/mol. The number of carbonyl (C=O) groups excluding carboxylic acids is 2. The van der Waals surface area contributed by atoms with Crippen LogP contribution in [0, 0.1) is 25.2 Å². The number of nitriles is 1. The lowest BCUT2D eigenvalue weighted by Gasteiger charge is -2.36. The summed E-state index contributed by atoms with van der Waals surface area (Å²) in [5, 5.41) is 19.9. The Kier molecular flexibility index (Phi) is 12.1. The molecule has 0 aliphatic carbocycles. The number of carbonyl (C=O) groups is 2. The van der Waals surface area contributed by atoms with E-state index in [1.165, 1.54) is 19.4 Å². The van der Waals surface area contributed by atoms with Crippen LogP contribution in [-0.2, 0) is 22.7 Å². The van der Waals surface area contributed by atoms with Crippen LogP contribution in [0.1, 0.15) is 57.4 Å². The Morgan fingerprint density at radius 1 is 0.980 bits per heavy atom. The number of rotatable bonds is 14. The zero-order valence-electron chi connectivity index (χ0n) is 28.4. The topological polar surface area (TPSA) is 131 Å². The number of nitrogens with zero attached hydrogens (tertiary/aromatic N) is 3. The van der Waals surface area contributed by atoms with Crippen molar-refractivity contribution < 1.29 is 33.6 Å². The molecule has 0 saturated carbocycles. The first-order chi connectivity index (χ1) is 24.1. The van der Waals surface area contributed by atoms with Crippen molar-refractivity contribution in [3.05, 3.63) is 105 Å². The van der Waals surface area contributed by atoms with E-state index >= 15 is 0 Å². The Morgan fingerprint density at radius 3 is 2.42 bits per heavy atom. The van der Waals surface area contributed by atoms with Gasteiger partial charge in [0, 0.05) is 43.7 Å². The van der Waals surface area contributed by atoms with Crippen molar-refractivity contribution in [1.82, 2.24) is 9.88 Å². The summed E-state index contributed by atoms with van der Waals surface area (Å²) in [5.74, 6) is 0.929. The van der Waals surface area contributed by atoms with Gasteiger partial charge in [-0.05, 0) is 79.1 Å². The van der Waals surface area contributed by atoms with Crippen LogP contribution in [0.15, 0.2) is 67.0 Å². The number of aromatic nitrogens is 1. The van der Waals surface area contributed by atoms with E-state index in [4.69, 9.17) is 35.8 Å². The van der Waals surface area contributed by atoms with Crippen LogP contribution >= 0.6 is 11.6 Å². The lowest BCUT2D eigenvalue weighted by Crippen LogP contribution is -2.50. The zero-order valence-corrected chi connectivity index (χ0v) is 29.2. The summed E-state index contributed by atoms with van der Waals surface area (Å²) in [5.41, 5.74) is 5.14. The molecule has 11 heteroatoms. The second kappa shape index (κ2) is 16.6. The van der Waals surface area contributed by atoms with E-state index in [0.29, 0.717) is 61.5 Å². The number of aliphatic hydroxyl groups is 1. The minimum atomic E-state index is -1.39. The molecule has 50 heavy (non-hydrogen) atoms. The van der Waals surface area contributed by atoms with Gasteiger partial charge in [0.15, 0.2) is 11.9 Å². The van der Waals surface area contributed by atoms with Crippen molar-refractivity contribution in [2.45, 2.75) is 51.9 Å². The Balaban J connectivity index is 1.21. The molecule has 3 aromatic carbocycles. The van der Waals surface area contributed by atoms with Gasteiger partial charge in [0.05, 0.1) is 29.9 Å². The van der Waals surface area contributed by atoms with Crippen molar-refractivity contribution in [2.75, 3.05) is 33.4 Å². The average molecular weight is 698 g/mol. The van der Waals surface area contributed by atoms with Gasteiger partial charge < -0.3 is 29.0 Å². The fraction of sp³-hybridized carbons (Fsp3) is 0.333. The normalized spacial score (nSPS) is 14.0. The summed E-state index contributed by atoms with van der Waals surface area (Å²) >= 11 is 6.50. The van der Waals surface area contributed by atoms with Crippen LogP contribution in [0.4, 0.5) is 0 Å². The van der Waals surface area contributed by atoms with Crippen molar-refractivity contribution in [3.63, 3.8) is 0 Å². The summed E-state index contributed by atoms with van der Waals surface area (Å²) in [6.45, 7) is 7.03. The smallest absolute Gasteiger partial charge is 0.337 e. The third-order valence-corrected chi connectivity index (χ3v) is 9.33. The van der Waals surface area contributed by atoms with Crippen molar-refractivity contribution in [2.24, 2.45) is 0 Å². The summed E-state index contributed by atoms with van der Waals surface area (Å²) in [6, 6.07) is 18.9. The molecule has 0 radical (unpaired) electrons. The van der Waals surface area contributed by atoms with Crippen LogP contribution in [0.2, 0.25) is 5.02 Å². The van der Waals surface area contributed by atoms with Crippen LogP contribution in [0.5, 0.6) is 17.2 Å². The Bertz CT molecular complexity index is 1880. The highest BCUT2D eigenvalue weighted by atomic mass is 35.5. The Morgan fingerprint density at radius 2 is 1.70 bits per heavy atom. The van der Waals surface area contributed by atoms with E-state index in [9.17, 15) is 14.7 Å². The Hall–Kier alpha value is -4.95. The van der Waals surface area contributed by atoms with Crippen LogP contribution < -0.4 is 14.2 Å². The van der Waals surface area contributed by atoms with E-state index in [0.717, 1.165) is 46.5 Å². The van der Waals surface area contributed by atoms with Gasteiger partial charge in [0.1, 0.15) is 36.5 Å². The zero-order chi connectivity index (χ0) is 35.7. The van der Waals surface area contributed by atoms with Gasteiger partial charge in [-0.2, -0.15) is 5.26 Å². The molecule has 1 fully saturated rings. The van der Waals surface area contributed by atoms with Gasteiger partial charge in [0.25, 0.3) is 0 Å². The van der Waals surface area contributed by atoms with E-state index in [-0.39, 0.29) is 23.8 Å². The quantitative estimate of drug-likeness (QED) is 0.0870. The molecule has 10 nitrogen and oxygen atoms in total. The first kappa shape index (κ1) is 36.3. The number of likely N-dealkylation sites (tertiary alicyclic amines) is 1. The summed E-state index contributed by atoms with van der Waals surface area (Å²) in [7, 11) is 1.30. The number of pyridine rings is 1. The molecule has 1 aliphatic heterocycles. The molecule has 1 aromatic heterocycles. The molecule has 0 bridgehead atoms. The van der Waals surface area contributed by atoms with Gasteiger partial charge >= 0.3 is 5.97 Å². The van der Waals surface area contributed by atoms with E-state index in [1.54, 1.807) is 18.3 Å². The van der Waals surface area contributed by atoms with Gasteiger partial charge in [-0.15, -0.1) is 0 Å². The highest BCUT2D eigenvalue weighted by Crippen LogP contribution is 2.36. The number of halogens is 1. The average Bonchev–Trinajstić information content (AvgIpc) is 3.13. The molecule has 2 heterocycles. The molecule has 4 aromatic rings. The number of esters is 1. The second-order valence-electron chi connectivity index (χ2n) is 12.3. The van der Waals surface area contributed by atoms with E-state index < -0.39 is 11.6 Å². The monoisotopic (exact) mass is 697 g/mol. The molecule has 1 aliphatic rings. The lowest BCUT2D eigenvalue weighted by molar-refractivity contribution is -0.167. The standard InChI is InChI=1S/C39H40ClN3O7/c1-26-30(25-50-37-19-36(31(23-44)18-34(37)40)49-24-29-17-28(20-41)21-42-22-29)7-4-8-32(26)33-9-5-10-35(27(33)2)48-16-6-13-43-14-11-39(46,12-15-43)38(45)47-3/h4-5,7-10,17-19,21-23,46H,6,11-16,24-25H2,1-3H3. The summed E-state index contributed by atoms with van der Waals surface area (Å²) < 4.78 is 23.1. The van der Waals surface area contributed by atoms with Gasteiger partial charge in [-0.3, -0.25) is 9.78 Å². The largest absolute Gasteiger partial charge is 0.493 e. The van der Waals surface area contributed by atoms with Gasteiger partial charge in [-0.1, -0.05) is 41.9 Å². The highest BCUT2D eigenvalue weighted by Gasteiger charge is 2.40. The molecular weight excluding hydrogens is 658 g/mol. The summed E-state index contributed by atoms with van der Waals surface area (Å²) in [4.78, 5) is 29.9. The fourth-order valence-corrected chi connectivity index (χ4v) is 6.25. The molecule has 0 atom stereocenters. The molecular formula is C39H40ClN3O7. The third kappa shape index (κ3) is 8.61. The fourth-order valence-electron chi connectivity index (χ4n) is 6.03. The van der Waals surface area contributed by atoms with Crippen LogP contribution in [-0.4, -0.2) is 66.2 Å². The lowest BCUT2D eigenvalue weighted by atomic mass is 9.91. The third-order valence-electron chi connectivity index (χ3n) is 9.04. The number of benzene rings is 3. The number of aldehydes is 1. The van der Waals surface area contributed by atoms with E-state index in [1.807, 2.05) is 31.2 Å². The summed E-state index contributed by atoms with van der Waals surface area (Å²) in [6.07, 6.45) is 5.27. The second-order valence-corrected chi connectivity index (χ2v) is 12.7. The minimum absolute atomic E-state index is 0.107. The number of ether oxygens (including phenoxy) is 4. The molecule has 0 spiro atoms. The number of hydrogen-bond acceptors (Lipinski definition) is 10. The maximum atomic E-state index is 11.9. The number of hydrogen-bond donors (Lipinski definition) is 1. The SMILES string of the molecule is COC(=O)C1(O)CCN(CCCOc2cccc(-c3cccc(COc4cc(OCc5cncc(C#N)c5)c(C=O)cc4Cl)c3C)c2C)CC1. The first-order valence-corrected chi connectivity index (χ1v) is 16.8. The molecule has 5 rings (SSSR count). The van der Waals surface area contributed by atoms with E-state index in [2.05, 4.69) is 35.0 Å². The molecule has 1 N–H and O–H groups in total. The first-order valence-electron chi connectivity index (χ1n) is 16.4. The maximum absolute atomic E-state index is 11.9. The Labute approximate surface area is 297 Å². The van der Waals surface area contributed by atoms with Crippen molar-refractivity contribution >= 4 is 23.9 Å². The molecule has 260 valence electrons. The molecule has 0 amide bonds. The van der Waals surface area contributed by atoms with Crippen molar-refractivity contribution in [1.29, 1.82) is 5.26 Å². The van der Waals surface area contributed by atoms with Gasteiger partial charge in [0.2, 0.25) is 0 Å². The highest BCUT2D eigenvalue weighted by molar-refractivity contribution is 6.32. The minimum Gasteiger partial charge on any atom is -0.493 e. The van der Waals surface area contributed by atoms with Crippen molar-refractivity contribution in [3.8, 4) is 34.4 Å². The molecule has 1 saturated heterocycles. The number of methoxy groups -OCH3 is 1. The van der Waals surface area contributed by atoms with Gasteiger partial charge in [-0.25, -0.2) is 4.79 Å². The van der Waals surface area contributed by atoms with Crippen LogP contribution in [0.3, 0.4) is 0 Å². The molecule has 0 unspecified atom stereocenters.